The van der Waals surface area contributed by atoms with Crippen molar-refractivity contribution < 1.29 is 4.79 Å². The van der Waals surface area contributed by atoms with E-state index in [0.717, 1.165) is 31.5 Å². The molecular formula is C16H22N2O. The summed E-state index contributed by atoms with van der Waals surface area (Å²) >= 11 is 0. The highest BCUT2D eigenvalue weighted by Gasteiger charge is 2.31. The lowest BCUT2D eigenvalue weighted by atomic mass is 10.1. The molecule has 2 aliphatic heterocycles. The topological polar surface area (TPSA) is 23.6 Å². The van der Waals surface area contributed by atoms with Crippen LogP contribution in [0, 0.1) is 0 Å². The van der Waals surface area contributed by atoms with Crippen LogP contribution in [0.3, 0.4) is 0 Å². The summed E-state index contributed by atoms with van der Waals surface area (Å²) < 4.78 is 0. The summed E-state index contributed by atoms with van der Waals surface area (Å²) in [6.45, 7) is 4.42. The molecule has 0 bridgehead atoms. The molecule has 0 spiro atoms. The third-order valence-electron chi connectivity index (χ3n) is 4.33. The SMILES string of the molecule is O=C(c1ccccc1)N1CCCC1CN1CCCC1. The lowest BCUT2D eigenvalue weighted by Crippen LogP contribution is -2.42. The Morgan fingerprint density at radius 2 is 1.79 bits per heavy atom. The standard InChI is InChI=1S/C16H22N2O/c19-16(14-7-2-1-3-8-14)18-12-6-9-15(18)13-17-10-4-5-11-17/h1-3,7-8,15H,4-6,9-13H2. The van der Waals surface area contributed by atoms with E-state index in [-0.39, 0.29) is 5.91 Å². The molecule has 0 radical (unpaired) electrons. The van der Waals surface area contributed by atoms with Crippen molar-refractivity contribution in [3.8, 4) is 0 Å². The Balaban J connectivity index is 1.67. The second-order valence-electron chi connectivity index (χ2n) is 5.67. The number of hydrogen-bond acceptors (Lipinski definition) is 2. The number of nitrogens with zero attached hydrogens (tertiary/aromatic N) is 2. The first kappa shape index (κ1) is 12.7. The summed E-state index contributed by atoms with van der Waals surface area (Å²) in [5.74, 6) is 0.210. The number of benzene rings is 1. The first-order valence-electron chi connectivity index (χ1n) is 7.43. The molecule has 3 rings (SSSR count). The molecule has 1 amide bonds. The van der Waals surface area contributed by atoms with Gasteiger partial charge >= 0.3 is 0 Å². The molecule has 3 heteroatoms. The van der Waals surface area contributed by atoms with Gasteiger partial charge in [0.05, 0.1) is 0 Å². The molecule has 3 nitrogen and oxygen atoms in total. The molecule has 1 aromatic carbocycles. The van der Waals surface area contributed by atoms with Gasteiger partial charge in [-0.15, -0.1) is 0 Å². The Kier molecular flexibility index (Phi) is 3.83. The fourth-order valence-electron chi connectivity index (χ4n) is 3.30. The molecule has 2 heterocycles. The Bertz CT molecular complexity index is 426. The lowest BCUT2D eigenvalue weighted by Gasteiger charge is -2.28. The minimum atomic E-state index is 0.210. The Hall–Kier alpha value is -1.35. The Labute approximate surface area is 115 Å². The summed E-state index contributed by atoms with van der Waals surface area (Å²) in [7, 11) is 0. The predicted molar refractivity (Wildman–Crippen MR) is 76.2 cm³/mol. The molecule has 0 aliphatic carbocycles. The number of amides is 1. The van der Waals surface area contributed by atoms with Crippen molar-refractivity contribution in [3.63, 3.8) is 0 Å². The molecule has 102 valence electrons. The number of carbonyl (C=O) groups excluding carboxylic acids is 1. The van der Waals surface area contributed by atoms with Crippen LogP contribution in [0.2, 0.25) is 0 Å². The van der Waals surface area contributed by atoms with Crippen LogP contribution in [-0.4, -0.2) is 47.9 Å². The highest BCUT2D eigenvalue weighted by molar-refractivity contribution is 5.94. The zero-order valence-corrected chi connectivity index (χ0v) is 11.4. The third-order valence-corrected chi connectivity index (χ3v) is 4.33. The maximum Gasteiger partial charge on any atom is 0.254 e. The van der Waals surface area contributed by atoms with Gasteiger partial charge in [0.25, 0.3) is 5.91 Å². The van der Waals surface area contributed by atoms with Crippen LogP contribution in [0.4, 0.5) is 0 Å². The van der Waals surface area contributed by atoms with E-state index in [1.165, 1.54) is 25.9 Å². The minimum absolute atomic E-state index is 0.210. The molecule has 1 aromatic rings. The fraction of sp³-hybridized carbons (Fsp3) is 0.562. The maximum atomic E-state index is 12.5. The summed E-state index contributed by atoms with van der Waals surface area (Å²) in [6, 6.07) is 10.1. The second-order valence-corrected chi connectivity index (χ2v) is 5.67. The van der Waals surface area contributed by atoms with Crippen LogP contribution in [0.1, 0.15) is 36.0 Å². The van der Waals surface area contributed by atoms with Crippen molar-refractivity contribution in [2.45, 2.75) is 31.7 Å². The van der Waals surface area contributed by atoms with Gasteiger partial charge in [0.2, 0.25) is 0 Å². The first-order chi connectivity index (χ1) is 9.34. The van der Waals surface area contributed by atoms with E-state index in [1.807, 2.05) is 30.3 Å². The normalized spacial score (nSPS) is 24.0. The zero-order valence-electron chi connectivity index (χ0n) is 11.4. The second kappa shape index (κ2) is 5.74. The quantitative estimate of drug-likeness (QED) is 0.831. The van der Waals surface area contributed by atoms with E-state index in [0.29, 0.717) is 6.04 Å². The number of carbonyl (C=O) groups is 1. The third kappa shape index (κ3) is 2.81. The Morgan fingerprint density at radius 3 is 2.53 bits per heavy atom. The molecule has 1 atom stereocenters. The van der Waals surface area contributed by atoms with Crippen LogP contribution in [0.25, 0.3) is 0 Å². The van der Waals surface area contributed by atoms with Gasteiger partial charge < -0.3 is 9.80 Å². The van der Waals surface area contributed by atoms with E-state index >= 15 is 0 Å². The van der Waals surface area contributed by atoms with Crippen molar-refractivity contribution in [1.82, 2.24) is 9.80 Å². The van der Waals surface area contributed by atoms with Crippen molar-refractivity contribution >= 4 is 5.91 Å². The van der Waals surface area contributed by atoms with Gasteiger partial charge in [-0.05, 0) is 50.9 Å². The molecule has 0 aromatic heterocycles. The van der Waals surface area contributed by atoms with Crippen LogP contribution >= 0.6 is 0 Å². The molecular weight excluding hydrogens is 236 g/mol. The van der Waals surface area contributed by atoms with Gasteiger partial charge in [0.15, 0.2) is 0 Å². The molecule has 2 aliphatic rings. The molecule has 19 heavy (non-hydrogen) atoms. The van der Waals surface area contributed by atoms with E-state index in [4.69, 9.17) is 0 Å². The van der Waals surface area contributed by atoms with Gasteiger partial charge in [0, 0.05) is 24.7 Å². The van der Waals surface area contributed by atoms with Crippen LogP contribution in [0.5, 0.6) is 0 Å². The van der Waals surface area contributed by atoms with Crippen LogP contribution in [-0.2, 0) is 0 Å². The van der Waals surface area contributed by atoms with Gasteiger partial charge in [-0.1, -0.05) is 18.2 Å². The minimum Gasteiger partial charge on any atom is -0.334 e. The fourth-order valence-corrected chi connectivity index (χ4v) is 3.30. The number of hydrogen-bond donors (Lipinski definition) is 0. The molecule has 0 N–H and O–H groups in total. The maximum absolute atomic E-state index is 12.5. The number of rotatable bonds is 3. The van der Waals surface area contributed by atoms with E-state index in [9.17, 15) is 4.79 Å². The number of likely N-dealkylation sites (tertiary alicyclic amines) is 2. The lowest BCUT2D eigenvalue weighted by molar-refractivity contribution is 0.0709. The van der Waals surface area contributed by atoms with Gasteiger partial charge in [0.1, 0.15) is 0 Å². The van der Waals surface area contributed by atoms with Crippen LogP contribution < -0.4 is 0 Å². The monoisotopic (exact) mass is 258 g/mol. The van der Waals surface area contributed by atoms with Crippen molar-refractivity contribution in [2.24, 2.45) is 0 Å². The van der Waals surface area contributed by atoms with Crippen molar-refractivity contribution in [2.75, 3.05) is 26.2 Å². The molecule has 2 saturated heterocycles. The summed E-state index contributed by atoms with van der Waals surface area (Å²) in [5, 5.41) is 0. The van der Waals surface area contributed by atoms with E-state index in [2.05, 4.69) is 9.80 Å². The highest BCUT2D eigenvalue weighted by Crippen LogP contribution is 2.22. The summed E-state index contributed by atoms with van der Waals surface area (Å²) in [4.78, 5) is 17.1. The van der Waals surface area contributed by atoms with E-state index in [1.54, 1.807) is 0 Å². The average Bonchev–Trinajstić information content (AvgIpc) is 3.11. The summed E-state index contributed by atoms with van der Waals surface area (Å²) in [5.41, 5.74) is 0.829. The first-order valence-corrected chi connectivity index (χ1v) is 7.43. The largest absolute Gasteiger partial charge is 0.334 e. The van der Waals surface area contributed by atoms with Crippen molar-refractivity contribution in [3.05, 3.63) is 35.9 Å². The van der Waals surface area contributed by atoms with Gasteiger partial charge in [-0.25, -0.2) is 0 Å². The Morgan fingerprint density at radius 1 is 1.05 bits per heavy atom. The zero-order chi connectivity index (χ0) is 13.1. The molecule has 1 unspecified atom stereocenters. The summed E-state index contributed by atoms with van der Waals surface area (Å²) in [6.07, 6.45) is 4.95. The van der Waals surface area contributed by atoms with Gasteiger partial charge in [-0.3, -0.25) is 4.79 Å². The smallest absolute Gasteiger partial charge is 0.254 e. The predicted octanol–water partition coefficient (Wildman–Crippen LogP) is 2.39. The van der Waals surface area contributed by atoms with Crippen molar-refractivity contribution in [1.29, 1.82) is 0 Å². The highest BCUT2D eigenvalue weighted by atomic mass is 16.2. The molecule has 2 fully saturated rings. The molecule has 0 saturated carbocycles. The van der Waals surface area contributed by atoms with Gasteiger partial charge in [-0.2, -0.15) is 0 Å². The van der Waals surface area contributed by atoms with E-state index < -0.39 is 0 Å². The average molecular weight is 258 g/mol. The van der Waals surface area contributed by atoms with Crippen LogP contribution in [0.15, 0.2) is 30.3 Å².